The number of nitrogens with two attached hydrogens (primary N) is 1. The van der Waals surface area contributed by atoms with E-state index in [9.17, 15) is 0 Å². The average Bonchev–Trinajstić information content (AvgIpc) is 2.35. The van der Waals surface area contributed by atoms with Gasteiger partial charge in [0.1, 0.15) is 13.2 Å². The number of hydrogen-bond donors (Lipinski definition) is 1. The number of halogens is 1. The Labute approximate surface area is 117 Å². The Morgan fingerprint density at radius 3 is 2.94 bits per heavy atom. The lowest BCUT2D eigenvalue weighted by Gasteiger charge is -2.20. The van der Waals surface area contributed by atoms with E-state index in [0.29, 0.717) is 24.0 Å². The van der Waals surface area contributed by atoms with Gasteiger partial charge in [0.05, 0.1) is 5.02 Å². The van der Waals surface area contributed by atoms with Crippen molar-refractivity contribution in [2.24, 2.45) is 5.73 Å². The molecular weight excluding hydrogens is 270 g/mol. The first-order chi connectivity index (χ1) is 8.66. The fraction of sp³-hybridized carbons (Fsp3) is 0.538. The lowest BCUT2D eigenvalue weighted by molar-refractivity contribution is 0.171. The molecule has 1 unspecified atom stereocenters. The molecule has 1 atom stereocenters. The van der Waals surface area contributed by atoms with Gasteiger partial charge in [-0.25, -0.2) is 0 Å². The van der Waals surface area contributed by atoms with Gasteiger partial charge in [-0.15, -0.1) is 0 Å². The summed E-state index contributed by atoms with van der Waals surface area (Å²) in [5.41, 5.74) is 6.88. The van der Waals surface area contributed by atoms with Crippen molar-refractivity contribution < 1.29 is 9.47 Å². The molecular formula is C13H18ClNO2S. The van der Waals surface area contributed by atoms with Crippen molar-refractivity contribution >= 4 is 23.4 Å². The van der Waals surface area contributed by atoms with Crippen LogP contribution in [0.25, 0.3) is 0 Å². The summed E-state index contributed by atoms with van der Waals surface area (Å²) >= 11 is 8.04. The Morgan fingerprint density at radius 2 is 2.17 bits per heavy atom. The van der Waals surface area contributed by atoms with E-state index in [2.05, 4.69) is 0 Å². The van der Waals surface area contributed by atoms with Gasteiger partial charge >= 0.3 is 0 Å². The molecule has 0 saturated carbocycles. The van der Waals surface area contributed by atoms with E-state index in [4.69, 9.17) is 26.8 Å². The van der Waals surface area contributed by atoms with E-state index < -0.39 is 0 Å². The topological polar surface area (TPSA) is 44.5 Å². The van der Waals surface area contributed by atoms with Crippen LogP contribution in [0.2, 0.25) is 5.02 Å². The Hall–Kier alpha value is -0.580. The maximum absolute atomic E-state index is 6.18. The lowest BCUT2D eigenvalue weighted by Crippen LogP contribution is -2.16. The fourth-order valence-electron chi connectivity index (χ4n) is 1.71. The Balaban J connectivity index is 1.95. The van der Waals surface area contributed by atoms with E-state index in [-0.39, 0.29) is 6.04 Å². The fourth-order valence-corrected chi connectivity index (χ4v) is 3.08. The normalized spacial score (nSPS) is 15.5. The molecule has 0 aliphatic carbocycles. The summed E-state index contributed by atoms with van der Waals surface area (Å²) in [4.78, 5) is 0. The van der Waals surface area contributed by atoms with Crippen molar-refractivity contribution in [3.8, 4) is 11.5 Å². The third kappa shape index (κ3) is 3.70. The predicted octanol–water partition coefficient (Wildman–Crippen LogP) is 3.08. The van der Waals surface area contributed by atoms with Crippen LogP contribution in [0.3, 0.4) is 0 Å². The van der Waals surface area contributed by atoms with Crippen molar-refractivity contribution in [1.82, 2.24) is 0 Å². The summed E-state index contributed by atoms with van der Waals surface area (Å²) in [6.45, 7) is 3.18. The SMILES string of the molecule is CC(N)CCSCc1cc(Cl)c2c(c1)OCCO2. The third-order valence-electron chi connectivity index (χ3n) is 2.64. The van der Waals surface area contributed by atoms with Crippen LogP contribution in [-0.2, 0) is 5.75 Å². The standard InChI is InChI=1S/C13H18ClNO2S/c1-9(15)2-5-18-8-10-6-11(14)13-12(7-10)16-3-4-17-13/h6-7,9H,2-5,8,15H2,1H3. The second kappa shape index (κ2) is 6.55. The quantitative estimate of drug-likeness (QED) is 0.845. The van der Waals surface area contributed by atoms with Crippen LogP contribution in [0.1, 0.15) is 18.9 Å². The lowest BCUT2D eigenvalue weighted by atomic mass is 10.2. The molecule has 18 heavy (non-hydrogen) atoms. The maximum atomic E-state index is 6.18. The van der Waals surface area contributed by atoms with E-state index in [0.717, 1.165) is 23.7 Å². The molecule has 0 bridgehead atoms. The largest absolute Gasteiger partial charge is 0.486 e. The number of rotatable bonds is 5. The molecule has 2 N–H and O–H groups in total. The molecule has 0 saturated heterocycles. The van der Waals surface area contributed by atoms with Crippen LogP contribution in [0.15, 0.2) is 12.1 Å². The van der Waals surface area contributed by atoms with Crippen LogP contribution >= 0.6 is 23.4 Å². The summed E-state index contributed by atoms with van der Waals surface area (Å²) in [6.07, 6.45) is 1.03. The van der Waals surface area contributed by atoms with Gasteiger partial charge in [0, 0.05) is 11.8 Å². The smallest absolute Gasteiger partial charge is 0.179 e. The highest BCUT2D eigenvalue weighted by atomic mass is 35.5. The zero-order valence-electron chi connectivity index (χ0n) is 10.4. The van der Waals surface area contributed by atoms with Crippen molar-refractivity contribution in [3.05, 3.63) is 22.7 Å². The van der Waals surface area contributed by atoms with Gasteiger partial charge in [0.15, 0.2) is 11.5 Å². The Bertz CT molecular complexity index is 412. The Morgan fingerprint density at radius 1 is 1.39 bits per heavy atom. The number of benzene rings is 1. The minimum absolute atomic E-state index is 0.265. The number of ether oxygens (including phenoxy) is 2. The Kier molecular flexibility index (Phi) is 5.03. The van der Waals surface area contributed by atoms with Gasteiger partial charge in [0.25, 0.3) is 0 Å². The average molecular weight is 288 g/mol. The van der Waals surface area contributed by atoms with E-state index in [1.54, 1.807) is 0 Å². The van der Waals surface area contributed by atoms with Crippen molar-refractivity contribution in [2.75, 3.05) is 19.0 Å². The summed E-state index contributed by atoms with van der Waals surface area (Å²) in [7, 11) is 0. The van der Waals surface area contributed by atoms with Crippen LogP contribution < -0.4 is 15.2 Å². The summed E-state index contributed by atoms with van der Waals surface area (Å²) in [5, 5.41) is 0.634. The zero-order chi connectivity index (χ0) is 13.0. The predicted molar refractivity (Wildman–Crippen MR) is 76.9 cm³/mol. The van der Waals surface area contributed by atoms with E-state index >= 15 is 0 Å². The molecule has 2 rings (SSSR count). The third-order valence-corrected chi connectivity index (χ3v) is 3.99. The van der Waals surface area contributed by atoms with Crippen molar-refractivity contribution in [1.29, 1.82) is 0 Å². The van der Waals surface area contributed by atoms with Gasteiger partial charge in [-0.1, -0.05) is 11.6 Å². The minimum atomic E-state index is 0.265. The number of hydrogen-bond acceptors (Lipinski definition) is 4. The van der Waals surface area contributed by atoms with E-state index in [1.807, 2.05) is 30.8 Å². The highest BCUT2D eigenvalue weighted by Crippen LogP contribution is 2.39. The van der Waals surface area contributed by atoms with Crippen molar-refractivity contribution in [3.63, 3.8) is 0 Å². The summed E-state index contributed by atoms with van der Waals surface area (Å²) in [6, 6.07) is 4.23. The highest BCUT2D eigenvalue weighted by Gasteiger charge is 2.16. The molecule has 0 radical (unpaired) electrons. The molecule has 1 aliphatic rings. The maximum Gasteiger partial charge on any atom is 0.179 e. The molecule has 1 aromatic rings. The minimum Gasteiger partial charge on any atom is -0.486 e. The molecule has 0 spiro atoms. The van der Waals surface area contributed by atoms with Crippen LogP contribution in [-0.4, -0.2) is 25.0 Å². The number of fused-ring (bicyclic) bond motifs is 1. The monoisotopic (exact) mass is 287 g/mol. The van der Waals surface area contributed by atoms with Gasteiger partial charge in [0.2, 0.25) is 0 Å². The van der Waals surface area contributed by atoms with Crippen molar-refractivity contribution in [2.45, 2.75) is 25.1 Å². The first-order valence-electron chi connectivity index (χ1n) is 6.08. The van der Waals surface area contributed by atoms with Gasteiger partial charge in [-0.3, -0.25) is 0 Å². The van der Waals surface area contributed by atoms with E-state index in [1.165, 1.54) is 5.56 Å². The molecule has 1 aliphatic heterocycles. The highest BCUT2D eigenvalue weighted by molar-refractivity contribution is 7.98. The molecule has 3 nitrogen and oxygen atoms in total. The molecule has 0 aromatic heterocycles. The molecule has 1 aromatic carbocycles. The van der Waals surface area contributed by atoms with Crippen LogP contribution in [0, 0.1) is 0 Å². The van der Waals surface area contributed by atoms with Gasteiger partial charge in [-0.2, -0.15) is 11.8 Å². The first-order valence-corrected chi connectivity index (χ1v) is 7.61. The van der Waals surface area contributed by atoms with Crippen LogP contribution in [0.4, 0.5) is 0 Å². The van der Waals surface area contributed by atoms with Crippen LogP contribution in [0.5, 0.6) is 11.5 Å². The zero-order valence-corrected chi connectivity index (χ0v) is 12.0. The summed E-state index contributed by atoms with van der Waals surface area (Å²) < 4.78 is 11.0. The van der Waals surface area contributed by atoms with Gasteiger partial charge in [-0.05, 0) is 36.8 Å². The molecule has 0 amide bonds. The molecule has 1 heterocycles. The second-order valence-electron chi connectivity index (χ2n) is 4.42. The second-order valence-corrected chi connectivity index (χ2v) is 5.93. The summed E-state index contributed by atoms with van der Waals surface area (Å²) in [5.74, 6) is 3.41. The molecule has 0 fully saturated rings. The van der Waals surface area contributed by atoms with Gasteiger partial charge < -0.3 is 15.2 Å². The molecule has 5 heteroatoms. The number of thioether (sulfide) groups is 1. The molecule has 100 valence electrons. The first kappa shape index (κ1) is 13.8.